The molecule has 4 nitrogen and oxygen atoms in total. The molecule has 0 amide bonds. The van der Waals surface area contributed by atoms with Crippen LogP contribution < -0.4 is 19.7 Å². The monoisotopic (exact) mass is 278 g/mol. The van der Waals surface area contributed by atoms with E-state index in [2.05, 4.69) is 37.1 Å². The summed E-state index contributed by atoms with van der Waals surface area (Å²) < 4.78 is 10.9. The average molecular weight is 278 g/mol. The van der Waals surface area contributed by atoms with Gasteiger partial charge >= 0.3 is 0 Å². The van der Waals surface area contributed by atoms with Gasteiger partial charge in [0.15, 0.2) is 0 Å². The highest BCUT2D eigenvalue weighted by molar-refractivity contribution is 5.63. The summed E-state index contributed by atoms with van der Waals surface area (Å²) in [5.74, 6) is 1.77. The third kappa shape index (κ3) is 3.01. The lowest BCUT2D eigenvalue weighted by Crippen LogP contribution is -2.61. The third-order valence-corrected chi connectivity index (χ3v) is 3.99. The molecule has 1 aliphatic heterocycles. The van der Waals surface area contributed by atoms with Gasteiger partial charge in [-0.25, -0.2) is 0 Å². The molecule has 20 heavy (non-hydrogen) atoms. The van der Waals surface area contributed by atoms with Crippen LogP contribution in [0.5, 0.6) is 11.5 Å². The molecule has 1 heterocycles. The van der Waals surface area contributed by atoms with Crippen LogP contribution in [-0.2, 0) is 0 Å². The summed E-state index contributed by atoms with van der Waals surface area (Å²) in [5.41, 5.74) is 1.22. The maximum atomic E-state index is 5.54. The van der Waals surface area contributed by atoms with Crippen molar-refractivity contribution in [3.63, 3.8) is 0 Å². The summed E-state index contributed by atoms with van der Waals surface area (Å²) >= 11 is 0. The van der Waals surface area contributed by atoms with Crippen LogP contribution in [-0.4, -0.2) is 38.9 Å². The van der Waals surface area contributed by atoms with Crippen molar-refractivity contribution in [2.24, 2.45) is 0 Å². The average Bonchev–Trinajstić information content (AvgIpc) is 2.45. The number of anilines is 1. The number of hydrogen-bond acceptors (Lipinski definition) is 4. The molecule has 1 fully saturated rings. The zero-order chi connectivity index (χ0) is 14.8. The Morgan fingerprint density at radius 2 is 2.05 bits per heavy atom. The Bertz CT molecular complexity index is 460. The summed E-state index contributed by atoms with van der Waals surface area (Å²) in [6, 6.07) is 6.47. The predicted octanol–water partition coefficient (Wildman–Crippen LogP) is 2.67. The van der Waals surface area contributed by atoms with Crippen LogP contribution in [0.3, 0.4) is 0 Å². The standard InChI is InChI=1S/C16H26N2O2/c1-6-12-10-17-16(2,3)11-18(12)14-9-13(19-4)7-8-15(14)20-5/h7-9,12,17H,6,10-11H2,1-5H3. The van der Waals surface area contributed by atoms with Gasteiger partial charge < -0.3 is 19.7 Å². The topological polar surface area (TPSA) is 33.7 Å². The molecule has 2 rings (SSSR count). The first-order chi connectivity index (χ1) is 9.50. The van der Waals surface area contributed by atoms with Crippen molar-refractivity contribution in [2.45, 2.75) is 38.8 Å². The lowest BCUT2D eigenvalue weighted by atomic mass is 9.96. The lowest BCUT2D eigenvalue weighted by molar-refractivity contribution is 0.303. The normalized spacial score (nSPS) is 21.6. The molecule has 0 bridgehead atoms. The second-order valence-electron chi connectivity index (χ2n) is 5.99. The Labute approximate surface area is 122 Å². The van der Waals surface area contributed by atoms with Crippen LogP contribution >= 0.6 is 0 Å². The number of nitrogens with zero attached hydrogens (tertiary/aromatic N) is 1. The van der Waals surface area contributed by atoms with E-state index in [0.717, 1.165) is 36.7 Å². The fourth-order valence-corrected chi connectivity index (χ4v) is 2.78. The SMILES string of the molecule is CCC1CNC(C)(C)CN1c1cc(OC)ccc1OC. The van der Waals surface area contributed by atoms with Crippen molar-refractivity contribution >= 4 is 5.69 Å². The van der Waals surface area contributed by atoms with E-state index >= 15 is 0 Å². The van der Waals surface area contributed by atoms with E-state index in [-0.39, 0.29) is 5.54 Å². The summed E-state index contributed by atoms with van der Waals surface area (Å²) in [6.45, 7) is 8.64. The zero-order valence-corrected chi connectivity index (χ0v) is 13.2. The molecule has 1 aromatic carbocycles. The number of piperazine rings is 1. The van der Waals surface area contributed by atoms with Gasteiger partial charge in [0.25, 0.3) is 0 Å². The first-order valence-corrected chi connectivity index (χ1v) is 7.24. The fraction of sp³-hybridized carbons (Fsp3) is 0.625. The summed E-state index contributed by atoms with van der Waals surface area (Å²) in [6.07, 6.45) is 1.10. The van der Waals surface area contributed by atoms with Crippen molar-refractivity contribution in [3.8, 4) is 11.5 Å². The van der Waals surface area contributed by atoms with Crippen molar-refractivity contribution in [1.29, 1.82) is 0 Å². The van der Waals surface area contributed by atoms with E-state index in [0.29, 0.717) is 6.04 Å². The molecule has 0 aliphatic carbocycles. The quantitative estimate of drug-likeness (QED) is 0.918. The lowest BCUT2D eigenvalue weighted by Gasteiger charge is -2.46. The van der Waals surface area contributed by atoms with E-state index in [1.807, 2.05) is 12.1 Å². The molecule has 0 spiro atoms. The summed E-state index contributed by atoms with van der Waals surface area (Å²) in [5, 5.41) is 3.61. The first kappa shape index (κ1) is 15.0. The second kappa shape index (κ2) is 5.92. The summed E-state index contributed by atoms with van der Waals surface area (Å²) in [4.78, 5) is 2.44. The Morgan fingerprint density at radius 1 is 1.30 bits per heavy atom. The number of hydrogen-bond donors (Lipinski definition) is 1. The van der Waals surface area contributed by atoms with Crippen molar-refractivity contribution in [3.05, 3.63) is 18.2 Å². The van der Waals surface area contributed by atoms with Crippen LogP contribution in [0.15, 0.2) is 18.2 Å². The smallest absolute Gasteiger partial charge is 0.142 e. The third-order valence-electron chi connectivity index (χ3n) is 3.99. The van der Waals surface area contributed by atoms with Gasteiger partial charge in [-0.1, -0.05) is 6.92 Å². The highest BCUT2D eigenvalue weighted by Crippen LogP contribution is 2.35. The van der Waals surface area contributed by atoms with Crippen molar-refractivity contribution < 1.29 is 9.47 Å². The van der Waals surface area contributed by atoms with Crippen LogP contribution in [0.4, 0.5) is 5.69 Å². The first-order valence-electron chi connectivity index (χ1n) is 7.24. The molecular formula is C16H26N2O2. The van der Waals surface area contributed by atoms with Gasteiger partial charge in [-0.15, -0.1) is 0 Å². The molecule has 112 valence electrons. The number of rotatable bonds is 4. The Kier molecular flexibility index (Phi) is 4.43. The minimum atomic E-state index is 0.0970. The van der Waals surface area contributed by atoms with Crippen molar-refractivity contribution in [1.82, 2.24) is 5.32 Å². The molecule has 1 aromatic rings. The van der Waals surface area contributed by atoms with Gasteiger partial charge in [0, 0.05) is 30.7 Å². The molecule has 1 atom stereocenters. The van der Waals surface area contributed by atoms with Gasteiger partial charge in [-0.2, -0.15) is 0 Å². The predicted molar refractivity (Wildman–Crippen MR) is 83.1 cm³/mol. The Hall–Kier alpha value is -1.42. The number of ether oxygens (including phenoxy) is 2. The maximum absolute atomic E-state index is 5.54. The zero-order valence-electron chi connectivity index (χ0n) is 13.2. The number of methoxy groups -OCH3 is 2. The van der Waals surface area contributed by atoms with E-state index in [1.54, 1.807) is 14.2 Å². The van der Waals surface area contributed by atoms with E-state index in [1.165, 1.54) is 0 Å². The molecule has 1 unspecified atom stereocenters. The molecule has 0 aromatic heterocycles. The van der Waals surface area contributed by atoms with Gasteiger partial charge in [-0.05, 0) is 32.4 Å². The molecule has 4 heteroatoms. The largest absolute Gasteiger partial charge is 0.497 e. The van der Waals surface area contributed by atoms with Gasteiger partial charge in [0.1, 0.15) is 11.5 Å². The van der Waals surface area contributed by atoms with Crippen LogP contribution in [0.25, 0.3) is 0 Å². The highest BCUT2D eigenvalue weighted by atomic mass is 16.5. The van der Waals surface area contributed by atoms with Gasteiger partial charge in [0.05, 0.1) is 19.9 Å². The van der Waals surface area contributed by atoms with Crippen LogP contribution in [0, 0.1) is 0 Å². The van der Waals surface area contributed by atoms with Crippen molar-refractivity contribution in [2.75, 3.05) is 32.2 Å². The maximum Gasteiger partial charge on any atom is 0.142 e. The molecule has 0 radical (unpaired) electrons. The fourth-order valence-electron chi connectivity index (χ4n) is 2.78. The molecule has 1 saturated heterocycles. The second-order valence-corrected chi connectivity index (χ2v) is 5.99. The van der Waals surface area contributed by atoms with Gasteiger partial charge in [0.2, 0.25) is 0 Å². The molecule has 1 N–H and O–H groups in total. The number of nitrogens with one attached hydrogen (secondary N) is 1. The Morgan fingerprint density at radius 3 is 2.65 bits per heavy atom. The van der Waals surface area contributed by atoms with E-state index < -0.39 is 0 Å². The highest BCUT2D eigenvalue weighted by Gasteiger charge is 2.33. The Balaban J connectivity index is 2.40. The number of benzene rings is 1. The molecule has 1 aliphatic rings. The molecule has 0 saturated carbocycles. The summed E-state index contributed by atoms with van der Waals surface area (Å²) in [7, 11) is 3.42. The van der Waals surface area contributed by atoms with E-state index in [4.69, 9.17) is 9.47 Å². The minimum Gasteiger partial charge on any atom is -0.497 e. The molecular weight excluding hydrogens is 252 g/mol. The minimum absolute atomic E-state index is 0.0970. The van der Waals surface area contributed by atoms with Gasteiger partial charge in [-0.3, -0.25) is 0 Å². The van der Waals surface area contributed by atoms with E-state index in [9.17, 15) is 0 Å². The van der Waals surface area contributed by atoms with Crippen LogP contribution in [0.1, 0.15) is 27.2 Å². The van der Waals surface area contributed by atoms with Crippen LogP contribution in [0.2, 0.25) is 0 Å².